The molecule has 18 heavy (non-hydrogen) atoms. The number of rotatable bonds is 4. The van der Waals surface area contributed by atoms with Crippen LogP contribution < -0.4 is 5.32 Å². The largest absolute Gasteiger partial charge is 0.396 e. The summed E-state index contributed by atoms with van der Waals surface area (Å²) in [4.78, 5) is 0. The standard InChI is InChI=1S/C15H29NO2/c1-14(2,12-17)11-16-13-6-9-18-15(10-13)7-4-3-5-8-15/h13,16-17H,3-12H2,1-2H3. The molecule has 0 aromatic carbocycles. The van der Waals surface area contributed by atoms with E-state index in [0.717, 1.165) is 26.0 Å². The van der Waals surface area contributed by atoms with Crippen molar-refractivity contribution in [1.29, 1.82) is 0 Å². The average molecular weight is 255 g/mol. The lowest BCUT2D eigenvalue weighted by molar-refractivity contribution is -0.109. The summed E-state index contributed by atoms with van der Waals surface area (Å²) in [5.74, 6) is 0. The highest BCUT2D eigenvalue weighted by Gasteiger charge is 2.38. The Labute approximate surface area is 111 Å². The molecule has 2 rings (SSSR count). The van der Waals surface area contributed by atoms with Crippen molar-refractivity contribution in [3.8, 4) is 0 Å². The predicted octanol–water partition coefficient (Wildman–Crippen LogP) is 2.48. The first-order valence-electron chi connectivity index (χ1n) is 7.54. The molecule has 2 fully saturated rings. The van der Waals surface area contributed by atoms with Gasteiger partial charge in [-0.15, -0.1) is 0 Å². The molecule has 0 radical (unpaired) electrons. The quantitative estimate of drug-likeness (QED) is 0.811. The lowest BCUT2D eigenvalue weighted by atomic mass is 9.78. The number of hydrogen-bond acceptors (Lipinski definition) is 3. The Kier molecular flexibility index (Phi) is 4.68. The fourth-order valence-electron chi connectivity index (χ4n) is 3.22. The van der Waals surface area contributed by atoms with Crippen molar-refractivity contribution in [2.24, 2.45) is 5.41 Å². The predicted molar refractivity (Wildman–Crippen MR) is 73.7 cm³/mol. The maximum Gasteiger partial charge on any atom is 0.0697 e. The molecule has 106 valence electrons. The van der Waals surface area contributed by atoms with E-state index in [0.29, 0.717) is 6.04 Å². The van der Waals surface area contributed by atoms with E-state index in [9.17, 15) is 5.11 Å². The molecule has 2 N–H and O–H groups in total. The molecule has 1 heterocycles. The SMILES string of the molecule is CC(C)(CO)CNC1CCOC2(CCCCC2)C1. The average Bonchev–Trinajstić information content (AvgIpc) is 2.38. The molecule has 0 aromatic rings. The van der Waals surface area contributed by atoms with E-state index in [1.807, 2.05) is 0 Å². The van der Waals surface area contributed by atoms with Crippen LogP contribution in [0.4, 0.5) is 0 Å². The van der Waals surface area contributed by atoms with Gasteiger partial charge in [0.05, 0.1) is 5.60 Å². The molecule has 1 spiro atoms. The third-order valence-electron chi connectivity index (χ3n) is 4.56. The minimum atomic E-state index is -0.0158. The molecular formula is C15H29NO2. The second-order valence-electron chi connectivity index (χ2n) is 6.99. The number of aliphatic hydroxyl groups excluding tert-OH is 1. The fourth-order valence-corrected chi connectivity index (χ4v) is 3.22. The van der Waals surface area contributed by atoms with Crippen molar-refractivity contribution in [2.45, 2.75) is 70.4 Å². The van der Waals surface area contributed by atoms with E-state index >= 15 is 0 Å². The third kappa shape index (κ3) is 3.69. The molecule has 3 heteroatoms. The summed E-state index contributed by atoms with van der Waals surface area (Å²) < 4.78 is 6.11. The number of aliphatic hydroxyl groups is 1. The molecule has 1 aliphatic heterocycles. The Balaban J connectivity index is 1.83. The maximum absolute atomic E-state index is 9.30. The molecule has 0 aromatic heterocycles. The Morgan fingerprint density at radius 2 is 2.00 bits per heavy atom. The number of nitrogens with one attached hydrogen (secondary N) is 1. The van der Waals surface area contributed by atoms with E-state index < -0.39 is 0 Å². The van der Waals surface area contributed by atoms with Gasteiger partial charge in [-0.3, -0.25) is 0 Å². The van der Waals surface area contributed by atoms with Gasteiger partial charge in [0, 0.05) is 31.2 Å². The van der Waals surface area contributed by atoms with Gasteiger partial charge >= 0.3 is 0 Å². The monoisotopic (exact) mass is 255 g/mol. The highest BCUT2D eigenvalue weighted by molar-refractivity contribution is 4.92. The van der Waals surface area contributed by atoms with Gasteiger partial charge < -0.3 is 15.2 Å². The van der Waals surface area contributed by atoms with E-state index in [4.69, 9.17) is 4.74 Å². The van der Waals surface area contributed by atoms with Gasteiger partial charge in [-0.2, -0.15) is 0 Å². The lowest BCUT2D eigenvalue weighted by Crippen LogP contribution is -2.50. The zero-order valence-electron chi connectivity index (χ0n) is 12.0. The first-order valence-corrected chi connectivity index (χ1v) is 7.54. The molecule has 0 bridgehead atoms. The van der Waals surface area contributed by atoms with Crippen LogP contribution in [0.5, 0.6) is 0 Å². The van der Waals surface area contributed by atoms with E-state index in [1.54, 1.807) is 0 Å². The van der Waals surface area contributed by atoms with Crippen molar-refractivity contribution in [3.05, 3.63) is 0 Å². The van der Waals surface area contributed by atoms with Crippen LogP contribution in [0.15, 0.2) is 0 Å². The van der Waals surface area contributed by atoms with Crippen LogP contribution in [0, 0.1) is 5.41 Å². The fraction of sp³-hybridized carbons (Fsp3) is 1.00. The Morgan fingerprint density at radius 3 is 2.67 bits per heavy atom. The van der Waals surface area contributed by atoms with Gasteiger partial charge in [0.1, 0.15) is 0 Å². The molecule has 1 saturated carbocycles. The number of ether oxygens (including phenoxy) is 1. The van der Waals surface area contributed by atoms with Gasteiger partial charge in [-0.25, -0.2) is 0 Å². The Morgan fingerprint density at radius 1 is 1.28 bits per heavy atom. The van der Waals surface area contributed by atoms with E-state index in [1.165, 1.54) is 32.1 Å². The van der Waals surface area contributed by atoms with Gasteiger partial charge in [0.25, 0.3) is 0 Å². The normalized spacial score (nSPS) is 28.5. The molecule has 0 amide bonds. The van der Waals surface area contributed by atoms with Crippen LogP contribution in [0.1, 0.15) is 58.8 Å². The van der Waals surface area contributed by atoms with Crippen LogP contribution >= 0.6 is 0 Å². The van der Waals surface area contributed by atoms with Crippen LogP contribution in [0.3, 0.4) is 0 Å². The lowest BCUT2D eigenvalue weighted by Gasteiger charge is -2.44. The van der Waals surface area contributed by atoms with Crippen LogP contribution in [0.2, 0.25) is 0 Å². The van der Waals surface area contributed by atoms with Crippen LogP contribution in [-0.2, 0) is 4.74 Å². The summed E-state index contributed by atoms with van der Waals surface area (Å²) in [6.07, 6.45) is 8.80. The Bertz CT molecular complexity index is 254. The van der Waals surface area contributed by atoms with Gasteiger partial charge in [-0.05, 0) is 25.7 Å². The van der Waals surface area contributed by atoms with Crippen LogP contribution in [0.25, 0.3) is 0 Å². The molecular weight excluding hydrogens is 226 g/mol. The van der Waals surface area contributed by atoms with Crippen LogP contribution in [-0.4, -0.2) is 36.5 Å². The van der Waals surface area contributed by atoms with Crippen molar-refractivity contribution in [2.75, 3.05) is 19.8 Å². The molecule has 2 aliphatic rings. The number of hydrogen-bond donors (Lipinski definition) is 2. The smallest absolute Gasteiger partial charge is 0.0697 e. The van der Waals surface area contributed by atoms with E-state index in [2.05, 4.69) is 19.2 Å². The minimum absolute atomic E-state index is 0.0158. The Hall–Kier alpha value is -0.120. The molecule has 1 aliphatic carbocycles. The second-order valence-corrected chi connectivity index (χ2v) is 6.99. The topological polar surface area (TPSA) is 41.5 Å². The third-order valence-corrected chi connectivity index (χ3v) is 4.56. The van der Waals surface area contributed by atoms with Gasteiger partial charge in [-0.1, -0.05) is 33.1 Å². The zero-order valence-corrected chi connectivity index (χ0v) is 12.0. The molecule has 3 nitrogen and oxygen atoms in total. The molecule has 1 atom stereocenters. The summed E-state index contributed by atoms with van der Waals surface area (Å²) in [6, 6.07) is 0.572. The first kappa shape index (κ1) is 14.3. The highest BCUT2D eigenvalue weighted by atomic mass is 16.5. The summed E-state index contributed by atoms with van der Waals surface area (Å²) in [5, 5.41) is 12.9. The summed E-state index contributed by atoms with van der Waals surface area (Å²) in [7, 11) is 0. The van der Waals surface area contributed by atoms with Gasteiger partial charge in [0.2, 0.25) is 0 Å². The van der Waals surface area contributed by atoms with Crippen molar-refractivity contribution in [3.63, 3.8) is 0 Å². The molecule has 1 saturated heterocycles. The summed E-state index contributed by atoms with van der Waals surface area (Å²) >= 11 is 0. The van der Waals surface area contributed by atoms with Crippen molar-refractivity contribution < 1.29 is 9.84 Å². The summed E-state index contributed by atoms with van der Waals surface area (Å²) in [5.41, 5.74) is 0.162. The zero-order chi connectivity index (χ0) is 13.1. The highest BCUT2D eigenvalue weighted by Crippen LogP contribution is 2.38. The van der Waals surface area contributed by atoms with Gasteiger partial charge in [0.15, 0.2) is 0 Å². The second kappa shape index (κ2) is 5.89. The van der Waals surface area contributed by atoms with E-state index in [-0.39, 0.29) is 17.6 Å². The maximum atomic E-state index is 9.30. The first-order chi connectivity index (χ1) is 8.55. The molecule has 1 unspecified atom stereocenters. The van der Waals surface area contributed by atoms with Crippen molar-refractivity contribution >= 4 is 0 Å². The summed E-state index contributed by atoms with van der Waals surface area (Å²) in [6.45, 7) is 6.25. The minimum Gasteiger partial charge on any atom is -0.396 e. The van der Waals surface area contributed by atoms with Crippen molar-refractivity contribution in [1.82, 2.24) is 5.32 Å².